The van der Waals surface area contributed by atoms with Crippen molar-refractivity contribution in [3.05, 3.63) is 35.4 Å². The van der Waals surface area contributed by atoms with Crippen LogP contribution in [0.15, 0.2) is 18.2 Å². The second-order valence-corrected chi connectivity index (χ2v) is 5.45. The van der Waals surface area contributed by atoms with Gasteiger partial charge in [-0.1, -0.05) is 31.9 Å². The fourth-order valence-electron chi connectivity index (χ4n) is 3.23. The lowest BCUT2D eigenvalue weighted by Crippen LogP contribution is -2.41. The maximum absolute atomic E-state index is 13.6. The summed E-state index contributed by atoms with van der Waals surface area (Å²) in [6.45, 7) is 2.15. The highest BCUT2D eigenvalue weighted by Gasteiger charge is 2.37. The van der Waals surface area contributed by atoms with Crippen LogP contribution in [0.2, 0.25) is 0 Å². The van der Waals surface area contributed by atoms with Crippen molar-refractivity contribution in [2.24, 2.45) is 11.1 Å². The Balaban J connectivity index is 2.15. The van der Waals surface area contributed by atoms with E-state index < -0.39 is 11.6 Å². The molecule has 3 heteroatoms. The molecule has 1 atom stereocenters. The molecule has 1 saturated carbocycles. The molecule has 2 N–H and O–H groups in total. The van der Waals surface area contributed by atoms with Crippen molar-refractivity contribution in [1.82, 2.24) is 0 Å². The lowest BCUT2D eigenvalue weighted by atomic mass is 9.74. The van der Waals surface area contributed by atoms with Gasteiger partial charge in [-0.2, -0.15) is 0 Å². The molecular weight excluding hydrogens is 232 g/mol. The average molecular weight is 253 g/mol. The van der Waals surface area contributed by atoms with E-state index in [9.17, 15) is 8.78 Å². The van der Waals surface area contributed by atoms with Gasteiger partial charge in [-0.25, -0.2) is 8.78 Å². The van der Waals surface area contributed by atoms with Gasteiger partial charge in [0.2, 0.25) is 0 Å². The van der Waals surface area contributed by atoms with Gasteiger partial charge in [0.25, 0.3) is 0 Å². The SMILES string of the molecule is CCC1(C(N)Cc2cccc(F)c2F)CCCC1. The number of halogens is 2. The zero-order valence-corrected chi connectivity index (χ0v) is 10.9. The van der Waals surface area contributed by atoms with Crippen LogP contribution in [0, 0.1) is 17.0 Å². The third kappa shape index (κ3) is 2.41. The predicted octanol–water partition coefficient (Wildman–Crippen LogP) is 3.81. The van der Waals surface area contributed by atoms with E-state index in [1.54, 1.807) is 12.1 Å². The molecule has 0 bridgehead atoms. The summed E-state index contributed by atoms with van der Waals surface area (Å²) in [6, 6.07) is 4.25. The first-order chi connectivity index (χ1) is 8.59. The van der Waals surface area contributed by atoms with E-state index >= 15 is 0 Å². The molecule has 0 spiro atoms. The van der Waals surface area contributed by atoms with Crippen LogP contribution < -0.4 is 5.73 Å². The molecule has 0 aromatic heterocycles. The number of benzene rings is 1. The van der Waals surface area contributed by atoms with Gasteiger partial charge in [-0.15, -0.1) is 0 Å². The summed E-state index contributed by atoms with van der Waals surface area (Å²) < 4.78 is 26.8. The molecule has 0 saturated heterocycles. The molecule has 1 fully saturated rings. The van der Waals surface area contributed by atoms with Crippen LogP contribution in [-0.2, 0) is 6.42 Å². The first kappa shape index (κ1) is 13.5. The normalized spacial score (nSPS) is 20.0. The van der Waals surface area contributed by atoms with Crippen molar-refractivity contribution >= 4 is 0 Å². The van der Waals surface area contributed by atoms with E-state index in [0.29, 0.717) is 12.0 Å². The van der Waals surface area contributed by atoms with Crippen LogP contribution in [0.25, 0.3) is 0 Å². The molecule has 0 radical (unpaired) electrons. The Morgan fingerprint density at radius 2 is 1.94 bits per heavy atom. The molecule has 1 nitrogen and oxygen atoms in total. The summed E-state index contributed by atoms with van der Waals surface area (Å²) in [6.07, 6.45) is 6.08. The average Bonchev–Trinajstić information content (AvgIpc) is 2.85. The lowest BCUT2D eigenvalue weighted by Gasteiger charge is -2.34. The van der Waals surface area contributed by atoms with Gasteiger partial charge in [-0.3, -0.25) is 0 Å². The molecule has 18 heavy (non-hydrogen) atoms. The summed E-state index contributed by atoms with van der Waals surface area (Å²) in [4.78, 5) is 0. The lowest BCUT2D eigenvalue weighted by molar-refractivity contribution is 0.217. The molecule has 1 aliphatic rings. The standard InChI is InChI=1S/C15H21F2N/c1-2-15(8-3-4-9-15)13(18)10-11-6-5-7-12(16)14(11)17/h5-7,13H,2-4,8-10,18H2,1H3. The van der Waals surface area contributed by atoms with Gasteiger partial charge in [0, 0.05) is 6.04 Å². The molecule has 1 aromatic rings. The van der Waals surface area contributed by atoms with Gasteiger partial charge in [-0.05, 0) is 42.7 Å². The van der Waals surface area contributed by atoms with Crippen LogP contribution in [0.5, 0.6) is 0 Å². The van der Waals surface area contributed by atoms with E-state index in [0.717, 1.165) is 25.3 Å². The Labute approximate surface area is 107 Å². The molecule has 1 aromatic carbocycles. The summed E-state index contributed by atoms with van der Waals surface area (Å²) >= 11 is 0. The summed E-state index contributed by atoms with van der Waals surface area (Å²) in [5.74, 6) is -1.52. The Bertz CT molecular complexity index is 411. The molecule has 0 aliphatic heterocycles. The van der Waals surface area contributed by atoms with Crippen molar-refractivity contribution in [1.29, 1.82) is 0 Å². The summed E-state index contributed by atoms with van der Waals surface area (Å²) in [7, 11) is 0. The Morgan fingerprint density at radius 1 is 1.28 bits per heavy atom. The van der Waals surface area contributed by atoms with Gasteiger partial charge in [0.1, 0.15) is 0 Å². The predicted molar refractivity (Wildman–Crippen MR) is 69.2 cm³/mol. The maximum atomic E-state index is 13.6. The molecule has 2 rings (SSSR count). The smallest absolute Gasteiger partial charge is 0.162 e. The number of hydrogen-bond acceptors (Lipinski definition) is 1. The van der Waals surface area contributed by atoms with E-state index in [1.807, 2.05) is 0 Å². The first-order valence-corrected chi connectivity index (χ1v) is 6.77. The molecule has 0 amide bonds. The molecule has 1 unspecified atom stereocenters. The molecule has 0 heterocycles. The van der Waals surface area contributed by atoms with Crippen LogP contribution in [0.1, 0.15) is 44.6 Å². The summed E-state index contributed by atoms with van der Waals surface area (Å²) in [5.41, 5.74) is 6.81. The fourth-order valence-corrected chi connectivity index (χ4v) is 3.23. The van der Waals surface area contributed by atoms with Gasteiger partial charge >= 0.3 is 0 Å². The monoisotopic (exact) mass is 253 g/mol. The quantitative estimate of drug-likeness (QED) is 0.867. The van der Waals surface area contributed by atoms with Crippen LogP contribution in [0.4, 0.5) is 8.78 Å². The second-order valence-electron chi connectivity index (χ2n) is 5.45. The highest BCUT2D eigenvalue weighted by atomic mass is 19.2. The minimum atomic E-state index is -0.781. The second kappa shape index (κ2) is 5.35. The van der Waals surface area contributed by atoms with Crippen molar-refractivity contribution in [2.75, 3.05) is 0 Å². The van der Waals surface area contributed by atoms with Crippen molar-refractivity contribution < 1.29 is 8.78 Å². The topological polar surface area (TPSA) is 26.0 Å². The van der Waals surface area contributed by atoms with Crippen LogP contribution in [0.3, 0.4) is 0 Å². The first-order valence-electron chi connectivity index (χ1n) is 6.77. The van der Waals surface area contributed by atoms with Gasteiger partial charge < -0.3 is 5.73 Å². The minimum absolute atomic E-state index is 0.0821. The third-order valence-corrected chi connectivity index (χ3v) is 4.56. The third-order valence-electron chi connectivity index (χ3n) is 4.56. The Kier molecular flexibility index (Phi) is 4.00. The zero-order valence-electron chi connectivity index (χ0n) is 10.9. The van der Waals surface area contributed by atoms with E-state index in [1.165, 1.54) is 12.8 Å². The zero-order chi connectivity index (χ0) is 13.2. The number of hydrogen-bond donors (Lipinski definition) is 1. The fraction of sp³-hybridized carbons (Fsp3) is 0.600. The van der Waals surface area contributed by atoms with Crippen molar-refractivity contribution in [3.8, 4) is 0 Å². The molecular formula is C15H21F2N. The maximum Gasteiger partial charge on any atom is 0.162 e. The highest BCUT2D eigenvalue weighted by molar-refractivity contribution is 5.20. The largest absolute Gasteiger partial charge is 0.327 e. The Morgan fingerprint density at radius 3 is 2.56 bits per heavy atom. The highest BCUT2D eigenvalue weighted by Crippen LogP contribution is 2.44. The van der Waals surface area contributed by atoms with Crippen molar-refractivity contribution in [3.63, 3.8) is 0 Å². The van der Waals surface area contributed by atoms with E-state index in [2.05, 4.69) is 6.92 Å². The number of rotatable bonds is 4. The summed E-state index contributed by atoms with van der Waals surface area (Å²) in [5, 5.41) is 0. The van der Waals surface area contributed by atoms with Gasteiger partial charge in [0.05, 0.1) is 0 Å². The minimum Gasteiger partial charge on any atom is -0.327 e. The molecule has 1 aliphatic carbocycles. The van der Waals surface area contributed by atoms with Crippen LogP contribution in [-0.4, -0.2) is 6.04 Å². The molecule has 100 valence electrons. The van der Waals surface area contributed by atoms with Crippen LogP contribution >= 0.6 is 0 Å². The van der Waals surface area contributed by atoms with E-state index in [4.69, 9.17) is 5.73 Å². The van der Waals surface area contributed by atoms with Gasteiger partial charge in [0.15, 0.2) is 11.6 Å². The van der Waals surface area contributed by atoms with E-state index in [-0.39, 0.29) is 11.5 Å². The Hall–Kier alpha value is -0.960. The number of nitrogens with two attached hydrogens (primary N) is 1. The van der Waals surface area contributed by atoms with Crippen molar-refractivity contribution in [2.45, 2.75) is 51.5 Å².